The summed E-state index contributed by atoms with van der Waals surface area (Å²) in [5.41, 5.74) is 0. The molecule has 0 aliphatic heterocycles. The van der Waals surface area contributed by atoms with Crippen LogP contribution in [0.3, 0.4) is 0 Å². The molecule has 2 heteroatoms. The summed E-state index contributed by atoms with van der Waals surface area (Å²) in [5, 5.41) is 1.54. The Balaban J connectivity index is 3.75. The summed E-state index contributed by atoms with van der Waals surface area (Å²) in [5.74, 6) is 0. The molecule has 0 rings (SSSR count). The minimum atomic E-state index is -0.154. The molecule has 1 nitrogen and oxygen atoms in total. The van der Waals surface area contributed by atoms with Crippen LogP contribution in [0.25, 0.3) is 0 Å². The summed E-state index contributed by atoms with van der Waals surface area (Å²) in [6.07, 6.45) is 6.47. The zero-order valence-electron chi connectivity index (χ0n) is 10.3. The maximum absolute atomic E-state index is 4.19. The summed E-state index contributed by atoms with van der Waals surface area (Å²) in [7, 11) is -0.154. The monoisotopic (exact) mass is 213 g/mol. The third-order valence-corrected chi connectivity index (χ3v) is 4.30. The SMILES string of the molecule is C=C(CCC)[SiH2]N(CCC)CCCC. The van der Waals surface area contributed by atoms with Gasteiger partial charge in [0.15, 0.2) is 0 Å². The van der Waals surface area contributed by atoms with E-state index < -0.39 is 0 Å². The molecule has 0 spiro atoms. The highest BCUT2D eigenvalue weighted by atomic mass is 28.2. The average Bonchev–Trinajstić information content (AvgIpc) is 2.15. The van der Waals surface area contributed by atoms with E-state index in [-0.39, 0.29) is 9.68 Å². The van der Waals surface area contributed by atoms with Gasteiger partial charge in [0.1, 0.15) is 9.68 Å². The van der Waals surface area contributed by atoms with Crippen molar-refractivity contribution < 1.29 is 0 Å². The topological polar surface area (TPSA) is 3.24 Å². The van der Waals surface area contributed by atoms with Gasteiger partial charge in [0.05, 0.1) is 0 Å². The molecule has 0 heterocycles. The molecule has 0 fully saturated rings. The summed E-state index contributed by atoms with van der Waals surface area (Å²) in [6.45, 7) is 13.6. The van der Waals surface area contributed by atoms with Crippen LogP contribution >= 0.6 is 0 Å². The van der Waals surface area contributed by atoms with Crippen LogP contribution in [-0.2, 0) is 0 Å². The first-order chi connectivity index (χ1) is 6.74. The van der Waals surface area contributed by atoms with Gasteiger partial charge in [0.2, 0.25) is 0 Å². The number of hydrogen-bond acceptors (Lipinski definition) is 1. The zero-order chi connectivity index (χ0) is 10.8. The molecule has 14 heavy (non-hydrogen) atoms. The van der Waals surface area contributed by atoms with Crippen molar-refractivity contribution in [2.45, 2.75) is 52.9 Å². The van der Waals surface area contributed by atoms with E-state index >= 15 is 0 Å². The van der Waals surface area contributed by atoms with Crippen molar-refractivity contribution >= 4 is 9.68 Å². The number of rotatable bonds is 9. The first-order valence-corrected chi connectivity index (χ1v) is 7.47. The van der Waals surface area contributed by atoms with E-state index in [1.807, 2.05) is 0 Å². The van der Waals surface area contributed by atoms with E-state index in [0.717, 1.165) is 0 Å². The quantitative estimate of drug-likeness (QED) is 0.532. The second kappa shape index (κ2) is 9.47. The van der Waals surface area contributed by atoms with Crippen molar-refractivity contribution in [3.05, 3.63) is 11.8 Å². The van der Waals surface area contributed by atoms with Gasteiger partial charge >= 0.3 is 0 Å². The van der Waals surface area contributed by atoms with Gasteiger partial charge in [-0.25, -0.2) is 0 Å². The van der Waals surface area contributed by atoms with Gasteiger partial charge in [-0.3, -0.25) is 0 Å². The summed E-state index contributed by atoms with van der Waals surface area (Å²) in [6, 6.07) is 0. The van der Waals surface area contributed by atoms with Crippen LogP contribution in [-0.4, -0.2) is 27.3 Å². The highest BCUT2D eigenvalue weighted by Gasteiger charge is 2.05. The van der Waals surface area contributed by atoms with E-state index in [1.165, 1.54) is 50.4 Å². The highest BCUT2D eigenvalue weighted by molar-refractivity contribution is 6.41. The minimum Gasteiger partial charge on any atom is -0.325 e. The smallest absolute Gasteiger partial charge is 0.122 e. The predicted molar refractivity (Wildman–Crippen MR) is 69.4 cm³/mol. The predicted octanol–water partition coefficient (Wildman–Crippen LogP) is 2.90. The summed E-state index contributed by atoms with van der Waals surface area (Å²) >= 11 is 0. The third-order valence-electron chi connectivity index (χ3n) is 2.42. The number of nitrogens with zero attached hydrogens (tertiary/aromatic N) is 1. The van der Waals surface area contributed by atoms with Gasteiger partial charge in [-0.2, -0.15) is 0 Å². The largest absolute Gasteiger partial charge is 0.325 e. The van der Waals surface area contributed by atoms with Gasteiger partial charge in [0, 0.05) is 0 Å². The molecule has 0 aliphatic rings. The molecule has 0 atom stereocenters. The molecule has 0 N–H and O–H groups in total. The molecule has 0 unspecified atom stereocenters. The molecule has 0 aliphatic carbocycles. The van der Waals surface area contributed by atoms with Crippen molar-refractivity contribution in [3.8, 4) is 0 Å². The number of hydrogen-bond donors (Lipinski definition) is 0. The zero-order valence-corrected chi connectivity index (χ0v) is 11.7. The molecule has 0 bridgehead atoms. The second-order valence-corrected chi connectivity index (χ2v) is 6.34. The van der Waals surface area contributed by atoms with Crippen molar-refractivity contribution in [1.82, 2.24) is 4.57 Å². The molecule has 0 aromatic heterocycles. The lowest BCUT2D eigenvalue weighted by Crippen LogP contribution is -2.30. The molecule has 0 radical (unpaired) electrons. The fourth-order valence-electron chi connectivity index (χ4n) is 1.72. The van der Waals surface area contributed by atoms with Crippen LogP contribution in [0, 0.1) is 0 Å². The molecule has 0 saturated carbocycles. The van der Waals surface area contributed by atoms with E-state index in [2.05, 4.69) is 31.9 Å². The molecule has 0 aromatic carbocycles. The Bertz CT molecular complexity index is 145. The lowest BCUT2D eigenvalue weighted by atomic mass is 10.3. The lowest BCUT2D eigenvalue weighted by Gasteiger charge is -2.22. The van der Waals surface area contributed by atoms with Gasteiger partial charge in [-0.05, 0) is 32.4 Å². The molecule has 84 valence electrons. The fraction of sp³-hybridized carbons (Fsp3) is 0.833. The van der Waals surface area contributed by atoms with Crippen LogP contribution in [0.4, 0.5) is 0 Å². The Hall–Kier alpha value is -0.0831. The normalized spacial score (nSPS) is 11.7. The molecule has 0 amide bonds. The van der Waals surface area contributed by atoms with Crippen LogP contribution in [0.15, 0.2) is 11.8 Å². The fourth-order valence-corrected chi connectivity index (χ4v) is 3.72. The first kappa shape index (κ1) is 13.9. The Morgan fingerprint density at radius 1 is 1.07 bits per heavy atom. The van der Waals surface area contributed by atoms with Crippen LogP contribution in [0.2, 0.25) is 0 Å². The van der Waals surface area contributed by atoms with Crippen molar-refractivity contribution in [2.24, 2.45) is 0 Å². The maximum Gasteiger partial charge on any atom is 0.122 e. The average molecular weight is 213 g/mol. The van der Waals surface area contributed by atoms with Crippen LogP contribution < -0.4 is 0 Å². The van der Waals surface area contributed by atoms with E-state index in [1.54, 1.807) is 0 Å². The highest BCUT2D eigenvalue weighted by Crippen LogP contribution is 2.04. The molecular weight excluding hydrogens is 186 g/mol. The van der Waals surface area contributed by atoms with E-state index in [4.69, 9.17) is 0 Å². The maximum atomic E-state index is 4.19. The van der Waals surface area contributed by atoms with Crippen LogP contribution in [0.5, 0.6) is 0 Å². The molecular formula is C12H27NSi. The minimum absolute atomic E-state index is 0.154. The standard InChI is InChI=1S/C12H27NSi/c1-5-8-11-13(10-7-3)14-12(4)9-6-2/h4-11,14H2,1-3H3. The van der Waals surface area contributed by atoms with Gasteiger partial charge in [-0.1, -0.05) is 38.8 Å². The molecule has 0 aromatic rings. The van der Waals surface area contributed by atoms with E-state index in [0.29, 0.717) is 0 Å². The van der Waals surface area contributed by atoms with E-state index in [9.17, 15) is 0 Å². The summed E-state index contributed by atoms with van der Waals surface area (Å²) in [4.78, 5) is 0. The Labute approximate surface area is 92.5 Å². The van der Waals surface area contributed by atoms with Gasteiger partial charge < -0.3 is 4.57 Å². The van der Waals surface area contributed by atoms with Crippen LogP contribution in [0.1, 0.15) is 52.9 Å². The third kappa shape index (κ3) is 7.33. The number of unbranched alkanes of at least 4 members (excludes halogenated alkanes) is 1. The van der Waals surface area contributed by atoms with Gasteiger partial charge in [-0.15, -0.1) is 6.58 Å². The Kier molecular flexibility index (Phi) is 9.41. The van der Waals surface area contributed by atoms with Crippen molar-refractivity contribution in [1.29, 1.82) is 0 Å². The second-order valence-electron chi connectivity index (χ2n) is 4.13. The Morgan fingerprint density at radius 3 is 2.29 bits per heavy atom. The first-order valence-electron chi connectivity index (χ1n) is 6.13. The summed E-state index contributed by atoms with van der Waals surface area (Å²) < 4.78 is 2.68. The van der Waals surface area contributed by atoms with Crippen molar-refractivity contribution in [2.75, 3.05) is 13.1 Å². The molecule has 0 saturated heterocycles. The lowest BCUT2D eigenvalue weighted by molar-refractivity contribution is 0.431. The van der Waals surface area contributed by atoms with Gasteiger partial charge in [0.25, 0.3) is 0 Å². The Morgan fingerprint density at radius 2 is 1.79 bits per heavy atom. The van der Waals surface area contributed by atoms with Crippen molar-refractivity contribution in [3.63, 3.8) is 0 Å². The number of allylic oxidation sites excluding steroid dienone is 1.